The summed E-state index contributed by atoms with van der Waals surface area (Å²) in [6, 6.07) is 9.89. The second kappa shape index (κ2) is 6.53. The Labute approximate surface area is 170 Å². The van der Waals surface area contributed by atoms with Crippen LogP contribution in [0.25, 0.3) is 20.7 Å². The number of carbonyl (C=O) groups is 1. The first-order chi connectivity index (χ1) is 13.9. The minimum Gasteiger partial charge on any atom is -0.358 e. The van der Waals surface area contributed by atoms with Gasteiger partial charge in [0.15, 0.2) is 0 Å². The zero-order chi connectivity index (χ0) is 20.2. The van der Waals surface area contributed by atoms with Gasteiger partial charge in [0.2, 0.25) is 0 Å². The summed E-state index contributed by atoms with van der Waals surface area (Å²) in [5.74, 6) is -0.372. The molecule has 0 bridgehead atoms. The fourth-order valence-corrected chi connectivity index (χ4v) is 5.05. The number of fused-ring (bicyclic) bond motifs is 3. The average Bonchev–Trinajstić information content (AvgIpc) is 3.35. The molecule has 4 aromatic rings. The van der Waals surface area contributed by atoms with Crippen LogP contribution in [0.15, 0.2) is 48.0 Å². The van der Waals surface area contributed by atoms with Gasteiger partial charge in [-0.2, -0.15) is 13.2 Å². The highest BCUT2D eigenvalue weighted by Gasteiger charge is 2.36. The van der Waals surface area contributed by atoms with E-state index in [2.05, 4.69) is 20.6 Å². The molecule has 4 aromatic heterocycles. The lowest BCUT2D eigenvalue weighted by Crippen LogP contribution is -2.38. The van der Waals surface area contributed by atoms with Gasteiger partial charge in [-0.25, -0.2) is 4.98 Å². The van der Waals surface area contributed by atoms with Crippen LogP contribution in [0, 0.1) is 0 Å². The molecular weight excluding hydrogens is 421 g/mol. The first kappa shape index (κ1) is 18.1. The Hall–Kier alpha value is -2.98. The highest BCUT2D eigenvalue weighted by Crippen LogP contribution is 2.46. The summed E-state index contributed by atoms with van der Waals surface area (Å²) >= 11 is 2.28. The second-order valence-electron chi connectivity index (χ2n) is 6.32. The average molecular weight is 432 g/mol. The van der Waals surface area contributed by atoms with E-state index in [9.17, 15) is 18.0 Å². The predicted molar refractivity (Wildman–Crippen MR) is 106 cm³/mol. The van der Waals surface area contributed by atoms with Crippen molar-refractivity contribution in [3.8, 4) is 10.4 Å². The lowest BCUT2D eigenvalue weighted by atomic mass is 10.1. The van der Waals surface area contributed by atoms with Gasteiger partial charge in [-0.15, -0.1) is 22.7 Å². The quantitative estimate of drug-likeness (QED) is 0.452. The highest BCUT2D eigenvalue weighted by atomic mass is 32.1. The molecule has 29 heavy (non-hydrogen) atoms. The molecular formula is C19H11F3N4OS2. The molecule has 0 saturated carbocycles. The highest BCUT2D eigenvalue weighted by molar-refractivity contribution is 7.21. The van der Waals surface area contributed by atoms with Crippen molar-refractivity contribution < 1.29 is 18.0 Å². The van der Waals surface area contributed by atoms with E-state index in [0.717, 1.165) is 17.4 Å². The Bertz CT molecular complexity index is 1220. The SMILES string of the molecule is O=C1N[C@@H](c2ccccn2)Nc2c1sc1nc(C(F)(F)F)cc(-c3cccs3)c21. The van der Waals surface area contributed by atoms with E-state index in [1.165, 1.54) is 11.3 Å². The number of thiophene rings is 2. The van der Waals surface area contributed by atoms with Crippen molar-refractivity contribution in [2.45, 2.75) is 12.3 Å². The second-order valence-corrected chi connectivity index (χ2v) is 8.27. The maximum Gasteiger partial charge on any atom is 0.433 e. The third-order valence-corrected chi connectivity index (χ3v) is 6.48. The van der Waals surface area contributed by atoms with Crippen LogP contribution in [0.2, 0.25) is 0 Å². The Kier molecular flexibility index (Phi) is 4.07. The molecule has 1 aliphatic rings. The Morgan fingerprint density at radius 1 is 1.10 bits per heavy atom. The first-order valence-electron chi connectivity index (χ1n) is 8.49. The number of amides is 1. The zero-order valence-electron chi connectivity index (χ0n) is 14.4. The molecule has 146 valence electrons. The maximum absolute atomic E-state index is 13.4. The topological polar surface area (TPSA) is 66.9 Å². The normalized spacial score (nSPS) is 16.4. The van der Waals surface area contributed by atoms with Gasteiger partial charge in [-0.1, -0.05) is 12.1 Å². The number of hydrogen-bond donors (Lipinski definition) is 2. The van der Waals surface area contributed by atoms with Gasteiger partial charge in [-0.05, 0) is 29.6 Å². The first-order valence-corrected chi connectivity index (χ1v) is 10.2. The molecule has 0 saturated heterocycles. The number of carbonyl (C=O) groups excluding carboxylic acids is 1. The standard InChI is InChI=1S/C19H11F3N4OS2/c20-19(21,22)12-8-9(11-5-3-7-28-11)13-14-15(29-18(13)24-12)17(27)26-16(25-14)10-4-1-2-6-23-10/h1-8,16,25H,(H,26,27)/t16-/m0/s1. The summed E-state index contributed by atoms with van der Waals surface area (Å²) in [7, 11) is 0. The van der Waals surface area contributed by atoms with E-state index in [-0.39, 0.29) is 10.7 Å². The van der Waals surface area contributed by atoms with E-state index in [0.29, 0.717) is 32.1 Å². The number of nitrogens with one attached hydrogen (secondary N) is 2. The van der Waals surface area contributed by atoms with Crippen LogP contribution < -0.4 is 10.6 Å². The fourth-order valence-electron chi connectivity index (χ4n) is 3.24. The van der Waals surface area contributed by atoms with Crippen LogP contribution in [0.5, 0.6) is 0 Å². The Morgan fingerprint density at radius 3 is 2.66 bits per heavy atom. The molecule has 1 amide bonds. The molecule has 0 aliphatic carbocycles. The predicted octanol–water partition coefficient (Wildman–Crippen LogP) is 5.29. The van der Waals surface area contributed by atoms with Crippen LogP contribution in [-0.2, 0) is 6.18 Å². The van der Waals surface area contributed by atoms with Gasteiger partial charge in [0.05, 0.1) is 11.4 Å². The van der Waals surface area contributed by atoms with Gasteiger partial charge >= 0.3 is 6.18 Å². The molecule has 0 fully saturated rings. The summed E-state index contributed by atoms with van der Waals surface area (Å²) < 4.78 is 40.3. The molecule has 5 nitrogen and oxygen atoms in total. The summed E-state index contributed by atoms with van der Waals surface area (Å²) in [6.07, 6.45) is -3.57. The summed E-state index contributed by atoms with van der Waals surface area (Å²) in [4.78, 5) is 21.9. The molecule has 1 aliphatic heterocycles. The van der Waals surface area contributed by atoms with Crippen molar-refractivity contribution in [1.29, 1.82) is 0 Å². The number of alkyl halides is 3. The van der Waals surface area contributed by atoms with Gasteiger partial charge in [0, 0.05) is 22.0 Å². The van der Waals surface area contributed by atoms with Crippen LogP contribution >= 0.6 is 22.7 Å². The summed E-state index contributed by atoms with van der Waals surface area (Å²) in [5.41, 5.74) is 0.503. The van der Waals surface area contributed by atoms with Gasteiger partial charge < -0.3 is 10.6 Å². The van der Waals surface area contributed by atoms with E-state index >= 15 is 0 Å². The number of aromatic nitrogens is 2. The third-order valence-electron chi connectivity index (χ3n) is 4.49. The van der Waals surface area contributed by atoms with Crippen LogP contribution in [0.3, 0.4) is 0 Å². The minimum absolute atomic E-state index is 0.164. The lowest BCUT2D eigenvalue weighted by molar-refractivity contribution is -0.140. The fraction of sp³-hybridized carbons (Fsp3) is 0.105. The van der Waals surface area contributed by atoms with Gasteiger partial charge in [-0.3, -0.25) is 9.78 Å². The summed E-state index contributed by atoms with van der Waals surface area (Å²) in [5, 5.41) is 8.33. The minimum atomic E-state index is -4.59. The molecule has 2 N–H and O–H groups in total. The van der Waals surface area contributed by atoms with E-state index in [1.807, 2.05) is 0 Å². The summed E-state index contributed by atoms with van der Waals surface area (Å²) in [6.45, 7) is 0. The molecule has 0 spiro atoms. The van der Waals surface area contributed by atoms with Crippen LogP contribution in [0.1, 0.15) is 27.2 Å². The van der Waals surface area contributed by atoms with Crippen molar-refractivity contribution >= 4 is 44.5 Å². The van der Waals surface area contributed by atoms with Crippen molar-refractivity contribution in [3.63, 3.8) is 0 Å². The smallest absolute Gasteiger partial charge is 0.358 e. The Morgan fingerprint density at radius 2 is 1.97 bits per heavy atom. The van der Waals surface area contributed by atoms with Crippen molar-refractivity contribution in [3.05, 3.63) is 64.2 Å². The van der Waals surface area contributed by atoms with Crippen molar-refractivity contribution in [1.82, 2.24) is 15.3 Å². The zero-order valence-corrected chi connectivity index (χ0v) is 16.1. The number of anilines is 1. The number of hydrogen-bond acceptors (Lipinski definition) is 6. The molecule has 0 radical (unpaired) electrons. The van der Waals surface area contributed by atoms with Crippen LogP contribution in [-0.4, -0.2) is 15.9 Å². The molecule has 1 atom stereocenters. The van der Waals surface area contributed by atoms with Crippen LogP contribution in [0.4, 0.5) is 18.9 Å². The Balaban J connectivity index is 1.75. The number of rotatable bonds is 2. The molecule has 0 aromatic carbocycles. The number of nitrogens with zero attached hydrogens (tertiary/aromatic N) is 2. The van der Waals surface area contributed by atoms with Gasteiger partial charge in [0.1, 0.15) is 21.6 Å². The molecule has 5 rings (SSSR count). The third kappa shape index (κ3) is 3.04. The van der Waals surface area contributed by atoms with E-state index in [4.69, 9.17) is 0 Å². The molecule has 0 unspecified atom stereocenters. The number of pyridine rings is 2. The van der Waals surface area contributed by atoms with E-state index < -0.39 is 18.0 Å². The van der Waals surface area contributed by atoms with Gasteiger partial charge in [0.25, 0.3) is 5.91 Å². The largest absolute Gasteiger partial charge is 0.433 e. The molecule has 5 heterocycles. The van der Waals surface area contributed by atoms with Crippen molar-refractivity contribution in [2.24, 2.45) is 0 Å². The maximum atomic E-state index is 13.4. The van der Waals surface area contributed by atoms with E-state index in [1.54, 1.807) is 41.9 Å². The lowest BCUT2D eigenvalue weighted by Gasteiger charge is -2.25. The molecule has 10 heteroatoms. The number of halogens is 3. The van der Waals surface area contributed by atoms with Crippen molar-refractivity contribution in [2.75, 3.05) is 5.32 Å². The monoisotopic (exact) mass is 432 g/mol.